The topological polar surface area (TPSA) is 14.2 Å². The summed E-state index contributed by atoms with van der Waals surface area (Å²) in [7, 11) is 0. The minimum atomic E-state index is -0.617. The fourth-order valence-corrected chi connectivity index (χ4v) is 8.97. The van der Waals surface area contributed by atoms with E-state index in [1.165, 1.54) is 77.4 Å². The summed E-state index contributed by atoms with van der Waals surface area (Å²) in [6, 6.07) is 68.3. The van der Waals surface area contributed by atoms with E-state index in [1.54, 1.807) is 0 Å². The average Bonchev–Trinajstić information content (AvgIpc) is 3.70. The van der Waals surface area contributed by atoms with Gasteiger partial charge in [-0.1, -0.05) is 140 Å². The second kappa shape index (κ2) is 10.7. The molecule has 51 heavy (non-hydrogen) atoms. The van der Waals surface area contributed by atoms with Crippen molar-refractivity contribution in [3.05, 3.63) is 210 Å². The highest BCUT2D eigenvalue weighted by Gasteiger charge is 2.52. The molecule has 1 aromatic heterocycles. The van der Waals surface area contributed by atoms with Crippen molar-refractivity contribution in [2.24, 2.45) is 0 Å². The Morgan fingerprint density at radius 1 is 0.392 bits per heavy atom. The number of nitrogens with zero attached hydrogens (tertiary/aromatic N) is 1. The van der Waals surface area contributed by atoms with E-state index in [-0.39, 0.29) is 0 Å². The van der Waals surface area contributed by atoms with Crippen molar-refractivity contribution in [3.63, 3.8) is 0 Å². The van der Waals surface area contributed by atoms with Crippen molar-refractivity contribution in [2.75, 3.05) is 0 Å². The number of rotatable bonds is 3. The standard InChI is InChI=1S/C49H31NO/c1-4-14-32(15-5-1)34-24-28-45-41(30-34)49(42-31-35(25-29-46(42)51-45)33-16-6-2-7-17-33)39-22-12-10-20-37(39)47-40(49)26-27-44-48(47)38-21-11-13-23-43(38)50(44)36-18-8-3-9-19-36/h1-31H. The van der Waals surface area contributed by atoms with Gasteiger partial charge in [-0.15, -0.1) is 0 Å². The van der Waals surface area contributed by atoms with Crippen LogP contribution in [0.4, 0.5) is 0 Å². The molecule has 1 aliphatic heterocycles. The van der Waals surface area contributed by atoms with Crippen LogP contribution in [0.25, 0.3) is 60.9 Å². The Hall–Kier alpha value is -6.64. The maximum atomic E-state index is 6.89. The Morgan fingerprint density at radius 3 is 1.63 bits per heavy atom. The van der Waals surface area contributed by atoms with Crippen LogP contribution in [0, 0.1) is 0 Å². The van der Waals surface area contributed by atoms with Gasteiger partial charge in [-0.05, 0) is 93.0 Å². The number of para-hydroxylation sites is 2. The summed E-state index contributed by atoms with van der Waals surface area (Å²) < 4.78 is 9.31. The van der Waals surface area contributed by atoms with Gasteiger partial charge >= 0.3 is 0 Å². The fourth-order valence-electron chi connectivity index (χ4n) is 8.97. The van der Waals surface area contributed by atoms with E-state index in [0.29, 0.717) is 0 Å². The number of hydrogen-bond acceptors (Lipinski definition) is 1. The summed E-state index contributed by atoms with van der Waals surface area (Å²) in [6.07, 6.45) is 0. The summed E-state index contributed by atoms with van der Waals surface area (Å²) in [5, 5.41) is 2.54. The van der Waals surface area contributed by atoms with Crippen molar-refractivity contribution in [1.29, 1.82) is 0 Å². The molecule has 8 aromatic carbocycles. The summed E-state index contributed by atoms with van der Waals surface area (Å²) in [4.78, 5) is 0. The molecule has 2 heterocycles. The predicted octanol–water partition coefficient (Wildman–Crippen LogP) is 12.6. The minimum absolute atomic E-state index is 0.617. The van der Waals surface area contributed by atoms with E-state index in [0.717, 1.165) is 17.2 Å². The molecular weight excluding hydrogens is 619 g/mol. The molecule has 1 spiro atoms. The Bertz CT molecular complexity index is 2720. The van der Waals surface area contributed by atoms with Crippen LogP contribution in [0.1, 0.15) is 22.3 Å². The average molecular weight is 650 g/mol. The van der Waals surface area contributed by atoms with Crippen LogP contribution in [-0.4, -0.2) is 4.57 Å². The number of benzene rings is 8. The fraction of sp³-hybridized carbons (Fsp3) is 0.0204. The largest absolute Gasteiger partial charge is 0.457 e. The third-order valence-electron chi connectivity index (χ3n) is 11.1. The lowest BCUT2D eigenvalue weighted by molar-refractivity contribution is 0.436. The monoisotopic (exact) mass is 649 g/mol. The van der Waals surface area contributed by atoms with E-state index in [9.17, 15) is 0 Å². The molecule has 0 saturated heterocycles. The van der Waals surface area contributed by atoms with Gasteiger partial charge in [0.25, 0.3) is 0 Å². The third kappa shape index (κ3) is 3.87. The van der Waals surface area contributed by atoms with E-state index >= 15 is 0 Å². The summed E-state index contributed by atoms with van der Waals surface area (Å²) >= 11 is 0. The third-order valence-corrected chi connectivity index (χ3v) is 11.1. The van der Waals surface area contributed by atoms with Crippen molar-refractivity contribution in [1.82, 2.24) is 4.57 Å². The normalized spacial score (nSPS) is 13.4. The first-order valence-electron chi connectivity index (χ1n) is 17.6. The van der Waals surface area contributed by atoms with E-state index in [4.69, 9.17) is 4.74 Å². The molecule has 0 radical (unpaired) electrons. The highest BCUT2D eigenvalue weighted by Crippen LogP contribution is 2.64. The van der Waals surface area contributed by atoms with E-state index < -0.39 is 5.41 Å². The highest BCUT2D eigenvalue weighted by molar-refractivity contribution is 6.18. The Kier molecular flexibility index (Phi) is 5.91. The molecule has 2 heteroatoms. The second-order valence-electron chi connectivity index (χ2n) is 13.6. The molecule has 238 valence electrons. The van der Waals surface area contributed by atoms with Gasteiger partial charge in [0, 0.05) is 27.6 Å². The summed E-state index contributed by atoms with van der Waals surface area (Å²) in [5.74, 6) is 1.79. The lowest BCUT2D eigenvalue weighted by Gasteiger charge is -2.40. The summed E-state index contributed by atoms with van der Waals surface area (Å²) in [5.41, 5.74) is 15.1. The number of hydrogen-bond donors (Lipinski definition) is 0. The van der Waals surface area contributed by atoms with Crippen LogP contribution in [0.5, 0.6) is 11.5 Å². The van der Waals surface area contributed by atoms with E-state index in [1.807, 2.05) is 0 Å². The van der Waals surface area contributed by atoms with Gasteiger partial charge in [0.2, 0.25) is 0 Å². The van der Waals surface area contributed by atoms with Crippen molar-refractivity contribution in [3.8, 4) is 50.6 Å². The quantitative estimate of drug-likeness (QED) is 0.186. The molecule has 0 amide bonds. The van der Waals surface area contributed by atoms with E-state index in [2.05, 4.69) is 193 Å². The highest BCUT2D eigenvalue weighted by atomic mass is 16.5. The van der Waals surface area contributed by atoms with Crippen LogP contribution >= 0.6 is 0 Å². The first-order chi connectivity index (χ1) is 25.3. The molecule has 0 fully saturated rings. The molecule has 11 rings (SSSR count). The molecule has 9 aromatic rings. The van der Waals surface area contributed by atoms with Gasteiger partial charge in [0.05, 0.1) is 16.4 Å². The Labute approximate surface area is 296 Å². The molecule has 0 bridgehead atoms. The number of aromatic nitrogens is 1. The molecule has 0 unspecified atom stereocenters. The van der Waals surface area contributed by atoms with Crippen LogP contribution in [0.3, 0.4) is 0 Å². The Balaban J connectivity index is 1.31. The molecule has 2 nitrogen and oxygen atoms in total. The molecule has 1 aliphatic carbocycles. The van der Waals surface area contributed by atoms with Crippen molar-refractivity contribution < 1.29 is 4.74 Å². The molecule has 0 saturated carbocycles. The first kappa shape index (κ1) is 28.2. The SMILES string of the molecule is c1ccc(-c2ccc3c(c2)C2(c4cc(-c5ccccc5)ccc4O3)c3ccccc3-c3c2ccc2c3c3ccccc3n2-c2ccccc2)cc1. The first-order valence-corrected chi connectivity index (χ1v) is 17.6. The number of ether oxygens (including phenoxy) is 1. The van der Waals surface area contributed by atoms with Gasteiger partial charge in [-0.3, -0.25) is 0 Å². The van der Waals surface area contributed by atoms with Gasteiger partial charge < -0.3 is 9.30 Å². The maximum Gasteiger partial charge on any atom is 0.132 e. The predicted molar refractivity (Wildman–Crippen MR) is 209 cm³/mol. The minimum Gasteiger partial charge on any atom is -0.457 e. The maximum absolute atomic E-state index is 6.89. The zero-order valence-corrected chi connectivity index (χ0v) is 27.8. The van der Waals surface area contributed by atoms with Gasteiger partial charge in [-0.25, -0.2) is 0 Å². The zero-order valence-electron chi connectivity index (χ0n) is 27.8. The van der Waals surface area contributed by atoms with Crippen LogP contribution in [-0.2, 0) is 5.41 Å². The van der Waals surface area contributed by atoms with Crippen molar-refractivity contribution in [2.45, 2.75) is 5.41 Å². The molecule has 0 atom stereocenters. The van der Waals surface area contributed by atoms with Crippen molar-refractivity contribution >= 4 is 21.8 Å². The zero-order chi connectivity index (χ0) is 33.5. The smallest absolute Gasteiger partial charge is 0.132 e. The lowest BCUT2D eigenvalue weighted by atomic mass is 9.65. The van der Waals surface area contributed by atoms with Gasteiger partial charge in [0.1, 0.15) is 11.5 Å². The van der Waals surface area contributed by atoms with Gasteiger partial charge in [0.15, 0.2) is 0 Å². The van der Waals surface area contributed by atoms with Gasteiger partial charge in [-0.2, -0.15) is 0 Å². The second-order valence-corrected chi connectivity index (χ2v) is 13.6. The molecule has 0 N–H and O–H groups in total. The van der Waals surface area contributed by atoms with Crippen LogP contribution in [0.2, 0.25) is 0 Å². The van der Waals surface area contributed by atoms with Crippen LogP contribution < -0.4 is 4.74 Å². The lowest BCUT2D eigenvalue weighted by Crippen LogP contribution is -2.32. The Morgan fingerprint density at radius 2 is 0.961 bits per heavy atom. The molecular formula is C49H31NO. The number of fused-ring (bicyclic) bond motifs is 13. The van der Waals surface area contributed by atoms with Crippen LogP contribution in [0.15, 0.2) is 188 Å². The molecule has 2 aliphatic rings. The summed E-state index contributed by atoms with van der Waals surface area (Å²) in [6.45, 7) is 0.